The van der Waals surface area contributed by atoms with E-state index in [2.05, 4.69) is 20.4 Å². The number of H-pyrrole nitrogens is 1. The number of pyridine rings is 2. The number of rotatable bonds is 8. The number of hydrogen-bond acceptors (Lipinski definition) is 4. The highest BCUT2D eigenvalue weighted by Crippen LogP contribution is 2.52. The number of nitrogens with zero attached hydrogens (tertiary/aromatic N) is 3. The molecule has 7 nitrogen and oxygen atoms in total. The molecule has 0 aliphatic heterocycles. The van der Waals surface area contributed by atoms with Gasteiger partial charge in [0.15, 0.2) is 0 Å². The number of hydrogen-bond donors (Lipinski definition) is 2. The summed E-state index contributed by atoms with van der Waals surface area (Å²) >= 11 is 0. The van der Waals surface area contributed by atoms with Crippen LogP contribution in [0.2, 0.25) is 0 Å². The zero-order valence-electron chi connectivity index (χ0n) is 24.0. The van der Waals surface area contributed by atoms with E-state index in [9.17, 15) is 44.7 Å². The molecule has 0 saturated carbocycles. The van der Waals surface area contributed by atoms with Crippen LogP contribution >= 0.6 is 0 Å². The van der Waals surface area contributed by atoms with Crippen molar-refractivity contribution < 1.29 is 39.9 Å². The van der Waals surface area contributed by atoms with E-state index >= 15 is 0 Å². The maximum Gasteiger partial charge on any atom is 0.290 e. The van der Waals surface area contributed by atoms with Gasteiger partial charge in [-0.2, -0.15) is 13.9 Å². The summed E-state index contributed by atoms with van der Waals surface area (Å²) in [5, 5.41) is 6.78. The van der Waals surface area contributed by atoms with Gasteiger partial charge in [-0.05, 0) is 53.3 Å². The van der Waals surface area contributed by atoms with Crippen molar-refractivity contribution >= 4 is 16.7 Å². The fraction of sp³-hybridized carbons (Fsp3) is 0.250. The van der Waals surface area contributed by atoms with Crippen LogP contribution < -0.4 is 10.9 Å². The molecule has 1 atom stereocenters. The van der Waals surface area contributed by atoms with Crippen molar-refractivity contribution in [3.8, 4) is 11.1 Å². The lowest BCUT2D eigenvalue weighted by atomic mass is 9.89. The van der Waals surface area contributed by atoms with E-state index < -0.39 is 78.2 Å². The monoisotopic (exact) mass is 661 g/mol. The maximum absolute atomic E-state index is 14.9. The Kier molecular flexibility index (Phi) is 8.10. The van der Waals surface area contributed by atoms with Gasteiger partial charge in [-0.3, -0.25) is 19.3 Å². The number of amides is 1. The summed E-state index contributed by atoms with van der Waals surface area (Å²) in [4.78, 5) is 32.8. The molecule has 5 aromatic rings. The van der Waals surface area contributed by atoms with Crippen LogP contribution in [0.4, 0.5) is 35.1 Å². The molecule has 47 heavy (non-hydrogen) atoms. The molecule has 0 bridgehead atoms. The van der Waals surface area contributed by atoms with Gasteiger partial charge in [0.25, 0.3) is 23.8 Å². The predicted molar refractivity (Wildman–Crippen MR) is 153 cm³/mol. The molecule has 1 amide bonds. The molecule has 0 fully saturated rings. The SMILES string of the molecule is O=C(Cn1nc(C(F)F)c2c1C(F)(F)CCC2(F)F)NC(Cc1cc(F)cc(F)c1)c1ncccc1-c1ccc2cc[nH]c(=O)c2c1. The molecule has 1 aliphatic rings. The second-order valence-electron chi connectivity index (χ2n) is 11.1. The molecule has 0 saturated heterocycles. The van der Waals surface area contributed by atoms with Crippen molar-refractivity contribution in [3.05, 3.63) is 117 Å². The Morgan fingerprint density at radius 1 is 0.957 bits per heavy atom. The Hall–Kier alpha value is -5.08. The minimum absolute atomic E-state index is 0.0574. The minimum Gasteiger partial charge on any atom is -0.346 e. The van der Waals surface area contributed by atoms with E-state index in [4.69, 9.17) is 0 Å². The van der Waals surface area contributed by atoms with Crippen LogP contribution in [0.5, 0.6) is 0 Å². The van der Waals surface area contributed by atoms with E-state index in [1.54, 1.807) is 36.4 Å². The Morgan fingerprint density at radius 3 is 2.40 bits per heavy atom. The molecule has 0 spiro atoms. The molecule has 1 unspecified atom stereocenters. The van der Waals surface area contributed by atoms with Crippen LogP contribution in [0, 0.1) is 11.6 Å². The summed E-state index contributed by atoms with van der Waals surface area (Å²) < 4.78 is 115. The molecule has 2 N–H and O–H groups in total. The second kappa shape index (κ2) is 11.9. The van der Waals surface area contributed by atoms with Crippen LogP contribution in [-0.2, 0) is 29.6 Å². The van der Waals surface area contributed by atoms with Crippen molar-refractivity contribution in [2.75, 3.05) is 0 Å². The van der Waals surface area contributed by atoms with Crippen molar-refractivity contribution in [2.24, 2.45) is 0 Å². The lowest BCUT2D eigenvalue weighted by molar-refractivity contribution is -0.123. The van der Waals surface area contributed by atoms with Crippen molar-refractivity contribution in [1.29, 1.82) is 0 Å². The highest BCUT2D eigenvalue weighted by Gasteiger charge is 2.55. The third-order valence-electron chi connectivity index (χ3n) is 7.90. The number of alkyl halides is 6. The van der Waals surface area contributed by atoms with Gasteiger partial charge in [-0.25, -0.2) is 26.3 Å². The first-order chi connectivity index (χ1) is 22.2. The second-order valence-corrected chi connectivity index (χ2v) is 11.1. The van der Waals surface area contributed by atoms with E-state index in [0.29, 0.717) is 28.0 Å². The van der Waals surface area contributed by atoms with Gasteiger partial charge >= 0.3 is 0 Å². The quantitative estimate of drug-likeness (QED) is 0.174. The number of carbonyl (C=O) groups excluding carboxylic acids is 1. The average Bonchev–Trinajstić information content (AvgIpc) is 3.41. The Morgan fingerprint density at radius 2 is 1.68 bits per heavy atom. The Labute approximate surface area is 260 Å². The van der Waals surface area contributed by atoms with E-state index in [1.165, 1.54) is 12.4 Å². The van der Waals surface area contributed by atoms with Gasteiger partial charge < -0.3 is 10.3 Å². The number of aromatic amines is 1. The van der Waals surface area contributed by atoms with E-state index in [1.807, 2.05) is 0 Å². The maximum atomic E-state index is 14.9. The van der Waals surface area contributed by atoms with Crippen LogP contribution in [-0.4, -0.2) is 25.7 Å². The summed E-state index contributed by atoms with van der Waals surface area (Å²) in [6.07, 6.45) is -3.84. The van der Waals surface area contributed by atoms with E-state index in [0.717, 1.165) is 12.1 Å². The molecule has 15 heteroatoms. The van der Waals surface area contributed by atoms with E-state index in [-0.39, 0.29) is 27.9 Å². The minimum atomic E-state index is -4.04. The van der Waals surface area contributed by atoms with Gasteiger partial charge in [0.1, 0.15) is 29.6 Å². The topological polar surface area (TPSA) is 92.7 Å². The van der Waals surface area contributed by atoms with Crippen molar-refractivity contribution in [3.63, 3.8) is 0 Å². The van der Waals surface area contributed by atoms with Gasteiger partial charge in [0.2, 0.25) is 5.91 Å². The Balaban J connectivity index is 1.41. The molecular formula is C32H23F8N5O2. The molecule has 3 aromatic heterocycles. The fourth-order valence-electron chi connectivity index (χ4n) is 5.88. The number of halogens is 8. The number of carbonyl (C=O) groups is 1. The molecule has 6 rings (SSSR count). The van der Waals surface area contributed by atoms with Gasteiger partial charge in [0.05, 0.1) is 17.3 Å². The van der Waals surface area contributed by atoms with Gasteiger partial charge in [-0.15, -0.1) is 0 Å². The summed E-state index contributed by atoms with van der Waals surface area (Å²) in [5.41, 5.74) is -4.00. The molecule has 2 aromatic carbocycles. The molecule has 0 radical (unpaired) electrons. The molecule has 3 heterocycles. The lowest BCUT2D eigenvalue weighted by Gasteiger charge is -2.29. The summed E-state index contributed by atoms with van der Waals surface area (Å²) in [7, 11) is 0. The summed E-state index contributed by atoms with van der Waals surface area (Å²) in [6.45, 7) is -1.16. The molecule has 1 aliphatic carbocycles. The summed E-state index contributed by atoms with van der Waals surface area (Å²) in [6, 6.07) is 11.2. The van der Waals surface area contributed by atoms with Crippen LogP contribution in [0.15, 0.2) is 71.8 Å². The fourth-order valence-corrected chi connectivity index (χ4v) is 5.88. The molecular weight excluding hydrogens is 638 g/mol. The third-order valence-corrected chi connectivity index (χ3v) is 7.90. The number of nitrogens with one attached hydrogen (secondary N) is 2. The first-order valence-electron chi connectivity index (χ1n) is 14.2. The number of benzene rings is 2. The van der Waals surface area contributed by atoms with Gasteiger partial charge in [-0.1, -0.05) is 18.2 Å². The van der Waals surface area contributed by atoms with Crippen LogP contribution in [0.3, 0.4) is 0 Å². The molecule has 244 valence electrons. The first kappa shape index (κ1) is 31.9. The van der Waals surface area contributed by atoms with Crippen LogP contribution in [0.1, 0.15) is 53.5 Å². The average molecular weight is 662 g/mol. The standard InChI is InChI=1S/C32H23F8N5O2/c33-19-10-16(11-20(34)14-19)12-23(26-21(2-1-8-41-26)18-4-3-17-5-9-42-30(47)22(17)13-18)43-24(46)15-45-28-25(27(44-45)29(35)36)31(37,38)6-7-32(28,39)40/h1-5,8-11,13-14,23,29H,6-7,12,15H2,(H,42,47)(H,43,46). The lowest BCUT2D eigenvalue weighted by Crippen LogP contribution is -2.37. The van der Waals surface area contributed by atoms with Crippen LogP contribution in [0.25, 0.3) is 21.9 Å². The first-order valence-corrected chi connectivity index (χ1v) is 14.2. The third kappa shape index (κ3) is 6.21. The largest absolute Gasteiger partial charge is 0.346 e. The zero-order chi connectivity index (χ0) is 33.7. The zero-order valence-corrected chi connectivity index (χ0v) is 24.0. The highest BCUT2D eigenvalue weighted by atomic mass is 19.3. The number of aromatic nitrogens is 4. The normalized spacial score (nSPS) is 15.9. The highest BCUT2D eigenvalue weighted by molar-refractivity contribution is 5.87. The summed E-state index contributed by atoms with van der Waals surface area (Å²) in [5.74, 6) is -11.0. The predicted octanol–water partition coefficient (Wildman–Crippen LogP) is 7.08. The van der Waals surface area contributed by atoms with Crippen molar-refractivity contribution in [2.45, 2.75) is 50.1 Å². The van der Waals surface area contributed by atoms with Gasteiger partial charge in [0, 0.05) is 42.3 Å². The van der Waals surface area contributed by atoms with Crippen molar-refractivity contribution in [1.82, 2.24) is 25.1 Å². The number of fused-ring (bicyclic) bond motifs is 2. The Bertz CT molecular complexity index is 2040. The smallest absolute Gasteiger partial charge is 0.290 e.